The smallest absolute Gasteiger partial charge is 0.249 e. The Morgan fingerprint density at radius 3 is 0.833 bits per heavy atom. The summed E-state index contributed by atoms with van der Waals surface area (Å²) in [6, 6.07) is -0.706. The monoisotopic (exact) mass is 766 g/mol. The lowest BCUT2D eigenvalue weighted by atomic mass is 10.0. The Balaban J connectivity index is 3.51. The van der Waals surface area contributed by atoms with Crippen molar-refractivity contribution in [2.45, 2.75) is 302 Å². The summed E-state index contributed by atoms with van der Waals surface area (Å²) in [5, 5.41) is 33.4. The molecule has 0 aliphatic heterocycles. The first kappa shape index (κ1) is 53.4. The molecule has 3 unspecified atom stereocenters. The van der Waals surface area contributed by atoms with Gasteiger partial charge in [0.05, 0.1) is 18.8 Å². The van der Waals surface area contributed by atoms with Gasteiger partial charge in [0.15, 0.2) is 0 Å². The Morgan fingerprint density at radius 1 is 0.370 bits per heavy atom. The predicted octanol–water partition coefficient (Wildman–Crippen LogP) is 14.6. The zero-order valence-corrected chi connectivity index (χ0v) is 36.9. The molecule has 0 rings (SSSR count). The lowest BCUT2D eigenvalue weighted by molar-refractivity contribution is -0.131. The molecular formula is C49H99NO4. The van der Waals surface area contributed by atoms with Gasteiger partial charge in [0.2, 0.25) is 5.91 Å². The molecule has 4 N–H and O–H groups in total. The van der Waals surface area contributed by atoms with E-state index in [2.05, 4.69) is 19.2 Å². The molecule has 0 spiro atoms. The van der Waals surface area contributed by atoms with Gasteiger partial charge < -0.3 is 20.6 Å². The summed E-state index contributed by atoms with van der Waals surface area (Å²) in [5.41, 5.74) is 0. The van der Waals surface area contributed by atoms with Crippen molar-refractivity contribution < 1.29 is 20.1 Å². The van der Waals surface area contributed by atoms with Crippen LogP contribution in [-0.2, 0) is 4.79 Å². The highest BCUT2D eigenvalue weighted by Crippen LogP contribution is 2.18. The van der Waals surface area contributed by atoms with Crippen molar-refractivity contribution in [3.05, 3.63) is 0 Å². The second-order valence-electron chi connectivity index (χ2n) is 17.4. The highest BCUT2D eigenvalue weighted by atomic mass is 16.3. The van der Waals surface area contributed by atoms with Crippen molar-refractivity contribution >= 4 is 5.91 Å². The van der Waals surface area contributed by atoms with Gasteiger partial charge >= 0.3 is 0 Å². The van der Waals surface area contributed by atoms with Crippen molar-refractivity contribution in [2.75, 3.05) is 6.61 Å². The van der Waals surface area contributed by atoms with Crippen LogP contribution in [-0.4, -0.2) is 46.1 Å². The Kier molecular flexibility index (Phi) is 44.5. The minimum atomic E-state index is -1.07. The first-order valence-electron chi connectivity index (χ1n) is 24.8. The molecule has 5 heteroatoms. The van der Waals surface area contributed by atoms with Crippen molar-refractivity contribution in [2.24, 2.45) is 0 Å². The average molecular weight is 766 g/mol. The summed E-state index contributed by atoms with van der Waals surface area (Å²) < 4.78 is 0. The molecule has 0 aromatic carbocycles. The second-order valence-corrected chi connectivity index (χ2v) is 17.4. The molecule has 0 bridgehead atoms. The van der Waals surface area contributed by atoms with E-state index < -0.39 is 24.2 Å². The van der Waals surface area contributed by atoms with Crippen LogP contribution in [0.5, 0.6) is 0 Å². The number of hydrogen-bond donors (Lipinski definition) is 4. The number of unbranched alkanes of at least 4 members (excludes halogenated alkanes) is 38. The molecule has 0 radical (unpaired) electrons. The summed E-state index contributed by atoms with van der Waals surface area (Å²) in [4.78, 5) is 12.5. The van der Waals surface area contributed by atoms with E-state index in [1.54, 1.807) is 0 Å². The van der Waals surface area contributed by atoms with E-state index in [-0.39, 0.29) is 6.61 Å². The van der Waals surface area contributed by atoms with Gasteiger partial charge in [0, 0.05) is 0 Å². The van der Waals surface area contributed by atoms with Gasteiger partial charge in [0.25, 0.3) is 0 Å². The highest BCUT2D eigenvalue weighted by molar-refractivity contribution is 5.80. The maximum absolute atomic E-state index is 12.5. The molecule has 0 heterocycles. The SMILES string of the molecule is CCCCCCCCCCCCCCCCCCCCCCCCCCCC(O)C(=O)NC(CO)C(O)CCCCCCCCCCCCCCCCC. The third kappa shape index (κ3) is 39.6. The largest absolute Gasteiger partial charge is 0.394 e. The number of hydrogen-bond acceptors (Lipinski definition) is 4. The summed E-state index contributed by atoms with van der Waals surface area (Å²) in [5.74, 6) is -0.464. The number of aliphatic hydroxyl groups excluding tert-OH is 3. The van der Waals surface area contributed by atoms with Crippen LogP contribution in [0.2, 0.25) is 0 Å². The molecule has 0 aromatic rings. The maximum atomic E-state index is 12.5. The zero-order valence-electron chi connectivity index (χ0n) is 36.9. The average Bonchev–Trinajstić information content (AvgIpc) is 3.18. The van der Waals surface area contributed by atoms with E-state index in [4.69, 9.17) is 0 Å². The Bertz CT molecular complexity index is 718. The Hall–Kier alpha value is -0.650. The summed E-state index contributed by atoms with van der Waals surface area (Å²) in [7, 11) is 0. The van der Waals surface area contributed by atoms with E-state index in [1.165, 1.54) is 225 Å². The first-order valence-corrected chi connectivity index (χ1v) is 24.8. The molecule has 0 aliphatic carbocycles. The first-order chi connectivity index (χ1) is 26.6. The van der Waals surface area contributed by atoms with Crippen molar-refractivity contribution in [1.82, 2.24) is 5.32 Å². The van der Waals surface area contributed by atoms with Gasteiger partial charge in [-0.05, 0) is 12.8 Å². The van der Waals surface area contributed by atoms with Crippen LogP contribution in [0.1, 0.15) is 284 Å². The van der Waals surface area contributed by atoms with Gasteiger partial charge in [-0.1, -0.05) is 271 Å². The van der Waals surface area contributed by atoms with Gasteiger partial charge in [-0.25, -0.2) is 0 Å². The van der Waals surface area contributed by atoms with E-state index in [0.717, 1.165) is 32.1 Å². The van der Waals surface area contributed by atoms with E-state index in [1.807, 2.05) is 0 Å². The van der Waals surface area contributed by atoms with Crippen molar-refractivity contribution in [3.8, 4) is 0 Å². The van der Waals surface area contributed by atoms with Gasteiger partial charge in [0.1, 0.15) is 6.10 Å². The molecule has 324 valence electrons. The molecule has 0 saturated heterocycles. The lowest BCUT2D eigenvalue weighted by Crippen LogP contribution is -2.49. The predicted molar refractivity (Wildman–Crippen MR) is 236 cm³/mol. The number of nitrogens with one attached hydrogen (secondary N) is 1. The Morgan fingerprint density at radius 2 is 0.593 bits per heavy atom. The van der Waals surface area contributed by atoms with E-state index >= 15 is 0 Å². The van der Waals surface area contributed by atoms with Gasteiger partial charge in [-0.15, -0.1) is 0 Å². The number of carbonyl (C=O) groups excluding carboxylic acids is 1. The second kappa shape index (κ2) is 45.1. The van der Waals surface area contributed by atoms with E-state index in [9.17, 15) is 20.1 Å². The van der Waals surface area contributed by atoms with Crippen LogP contribution in [0.15, 0.2) is 0 Å². The van der Waals surface area contributed by atoms with Crippen LogP contribution in [0.25, 0.3) is 0 Å². The minimum Gasteiger partial charge on any atom is -0.394 e. The van der Waals surface area contributed by atoms with Gasteiger partial charge in [-0.2, -0.15) is 0 Å². The molecule has 0 aliphatic rings. The number of carbonyl (C=O) groups is 1. The number of aliphatic hydroxyl groups is 3. The fourth-order valence-corrected chi connectivity index (χ4v) is 8.08. The third-order valence-corrected chi connectivity index (χ3v) is 12.0. The summed E-state index contributed by atoms with van der Waals surface area (Å²) >= 11 is 0. The fraction of sp³-hybridized carbons (Fsp3) is 0.980. The van der Waals surface area contributed by atoms with Crippen LogP contribution in [0, 0.1) is 0 Å². The van der Waals surface area contributed by atoms with Crippen LogP contribution in [0.4, 0.5) is 0 Å². The lowest BCUT2D eigenvalue weighted by Gasteiger charge is -2.23. The van der Waals surface area contributed by atoms with E-state index in [0.29, 0.717) is 12.8 Å². The number of amides is 1. The zero-order chi connectivity index (χ0) is 39.4. The molecular weight excluding hydrogens is 667 g/mol. The Labute approximate surface area is 338 Å². The fourth-order valence-electron chi connectivity index (χ4n) is 8.08. The standard InChI is InChI=1S/C49H99NO4/c1-3-5-7-9-11-13-15-17-19-20-21-22-23-24-25-26-27-28-30-32-34-36-38-40-42-44-48(53)49(54)50-46(45-51)47(52)43-41-39-37-35-33-31-29-18-16-14-12-10-8-6-4-2/h46-48,51-53H,3-45H2,1-2H3,(H,50,54). The minimum absolute atomic E-state index is 0.308. The number of rotatable bonds is 46. The topological polar surface area (TPSA) is 89.8 Å². The molecule has 0 saturated carbocycles. The van der Waals surface area contributed by atoms with Crippen molar-refractivity contribution in [3.63, 3.8) is 0 Å². The molecule has 0 aromatic heterocycles. The third-order valence-electron chi connectivity index (χ3n) is 12.0. The molecule has 5 nitrogen and oxygen atoms in total. The molecule has 1 amide bonds. The quantitative estimate of drug-likeness (QED) is 0.0465. The molecule has 0 fully saturated rings. The van der Waals surface area contributed by atoms with Crippen LogP contribution < -0.4 is 5.32 Å². The summed E-state index contributed by atoms with van der Waals surface area (Å²) in [6.07, 6.45) is 52.7. The van der Waals surface area contributed by atoms with Gasteiger partial charge in [-0.3, -0.25) is 4.79 Å². The highest BCUT2D eigenvalue weighted by Gasteiger charge is 2.23. The maximum Gasteiger partial charge on any atom is 0.249 e. The van der Waals surface area contributed by atoms with Crippen LogP contribution >= 0.6 is 0 Å². The normalized spacial score (nSPS) is 13.4. The molecule has 3 atom stereocenters. The summed E-state index contributed by atoms with van der Waals surface area (Å²) in [6.45, 7) is 4.26. The van der Waals surface area contributed by atoms with Crippen molar-refractivity contribution in [1.29, 1.82) is 0 Å². The molecule has 54 heavy (non-hydrogen) atoms. The van der Waals surface area contributed by atoms with Crippen LogP contribution in [0.3, 0.4) is 0 Å².